The lowest BCUT2D eigenvalue weighted by Crippen LogP contribution is -2.32. The number of pyridine rings is 1. The van der Waals surface area contributed by atoms with Crippen molar-refractivity contribution in [3.8, 4) is 5.75 Å². The predicted octanol–water partition coefficient (Wildman–Crippen LogP) is 1.20. The number of methoxy groups -OCH3 is 1. The van der Waals surface area contributed by atoms with Gasteiger partial charge in [-0.2, -0.15) is 0 Å². The van der Waals surface area contributed by atoms with Crippen LogP contribution in [0.15, 0.2) is 21.5 Å². The summed E-state index contributed by atoms with van der Waals surface area (Å²) in [7, 11) is 1.52. The monoisotopic (exact) mass is 305 g/mol. The van der Waals surface area contributed by atoms with Crippen molar-refractivity contribution in [2.45, 2.75) is 27.3 Å². The van der Waals surface area contributed by atoms with Crippen LogP contribution in [-0.2, 0) is 6.54 Å². The molecule has 1 N–H and O–H groups in total. The summed E-state index contributed by atoms with van der Waals surface area (Å²) in [4.78, 5) is 24.1. The van der Waals surface area contributed by atoms with E-state index in [-0.39, 0.29) is 11.5 Å². The van der Waals surface area contributed by atoms with Crippen molar-refractivity contribution >= 4 is 5.91 Å². The van der Waals surface area contributed by atoms with E-state index in [0.29, 0.717) is 35.9 Å². The molecule has 22 heavy (non-hydrogen) atoms. The van der Waals surface area contributed by atoms with Gasteiger partial charge in [-0.3, -0.25) is 9.59 Å². The lowest BCUT2D eigenvalue weighted by Gasteiger charge is -2.11. The van der Waals surface area contributed by atoms with Crippen LogP contribution in [0.25, 0.3) is 0 Å². The van der Waals surface area contributed by atoms with Gasteiger partial charge in [0.25, 0.3) is 11.5 Å². The fourth-order valence-electron chi connectivity index (χ4n) is 2.28. The van der Waals surface area contributed by atoms with Gasteiger partial charge in [-0.25, -0.2) is 0 Å². The van der Waals surface area contributed by atoms with Gasteiger partial charge in [0.05, 0.1) is 12.8 Å². The zero-order chi connectivity index (χ0) is 16.3. The molecule has 0 aliphatic heterocycles. The maximum Gasteiger partial charge on any atom is 0.256 e. The molecule has 2 heterocycles. The quantitative estimate of drug-likeness (QED) is 0.897. The normalized spacial score (nSPS) is 10.5. The van der Waals surface area contributed by atoms with Gasteiger partial charge in [0.15, 0.2) is 0 Å². The Morgan fingerprint density at radius 1 is 1.36 bits per heavy atom. The van der Waals surface area contributed by atoms with Gasteiger partial charge in [-0.1, -0.05) is 5.16 Å². The molecule has 0 radical (unpaired) electrons. The van der Waals surface area contributed by atoms with E-state index in [1.807, 2.05) is 6.92 Å². The van der Waals surface area contributed by atoms with Crippen molar-refractivity contribution in [1.82, 2.24) is 15.0 Å². The fraction of sp³-hybridized carbons (Fsp3) is 0.400. The Kier molecular flexibility index (Phi) is 4.65. The van der Waals surface area contributed by atoms with E-state index in [2.05, 4.69) is 10.5 Å². The zero-order valence-electron chi connectivity index (χ0n) is 13.1. The van der Waals surface area contributed by atoms with Crippen molar-refractivity contribution in [3.63, 3.8) is 0 Å². The molecule has 7 heteroatoms. The van der Waals surface area contributed by atoms with Gasteiger partial charge in [0, 0.05) is 24.8 Å². The Morgan fingerprint density at radius 2 is 2.09 bits per heavy atom. The molecule has 0 unspecified atom stereocenters. The fourth-order valence-corrected chi connectivity index (χ4v) is 2.28. The van der Waals surface area contributed by atoms with Gasteiger partial charge < -0.3 is 19.1 Å². The second-order valence-corrected chi connectivity index (χ2v) is 4.98. The molecule has 7 nitrogen and oxygen atoms in total. The van der Waals surface area contributed by atoms with Crippen LogP contribution in [0.3, 0.4) is 0 Å². The van der Waals surface area contributed by atoms with Crippen molar-refractivity contribution in [2.75, 3.05) is 13.7 Å². The van der Waals surface area contributed by atoms with E-state index in [4.69, 9.17) is 9.26 Å². The molecule has 0 atom stereocenters. The third-order valence-electron chi connectivity index (χ3n) is 3.43. The molecule has 2 rings (SSSR count). The van der Waals surface area contributed by atoms with Gasteiger partial charge in [-0.05, 0) is 26.8 Å². The van der Waals surface area contributed by atoms with Crippen LogP contribution in [0.1, 0.15) is 27.5 Å². The predicted molar refractivity (Wildman–Crippen MR) is 80.3 cm³/mol. The summed E-state index contributed by atoms with van der Waals surface area (Å²) >= 11 is 0. The minimum atomic E-state index is -0.254. The van der Waals surface area contributed by atoms with Crippen LogP contribution in [-0.4, -0.2) is 29.3 Å². The summed E-state index contributed by atoms with van der Waals surface area (Å²) in [5.41, 5.74) is 1.60. The largest absolute Gasteiger partial charge is 0.496 e. The summed E-state index contributed by atoms with van der Waals surface area (Å²) in [5.74, 6) is 0.752. The van der Waals surface area contributed by atoms with Gasteiger partial charge in [0.2, 0.25) is 0 Å². The summed E-state index contributed by atoms with van der Waals surface area (Å²) in [5, 5.41) is 6.51. The topological polar surface area (TPSA) is 86.4 Å². The Bertz CT molecular complexity index is 726. The third-order valence-corrected chi connectivity index (χ3v) is 3.43. The Hall–Kier alpha value is -2.57. The second-order valence-electron chi connectivity index (χ2n) is 4.98. The van der Waals surface area contributed by atoms with Crippen molar-refractivity contribution in [2.24, 2.45) is 0 Å². The van der Waals surface area contributed by atoms with Crippen molar-refractivity contribution in [3.05, 3.63) is 45.2 Å². The molecule has 0 saturated carbocycles. The highest BCUT2D eigenvalue weighted by Crippen LogP contribution is 2.11. The van der Waals surface area contributed by atoms with E-state index < -0.39 is 0 Å². The van der Waals surface area contributed by atoms with Crippen molar-refractivity contribution < 1.29 is 14.1 Å². The van der Waals surface area contributed by atoms with E-state index >= 15 is 0 Å². The molecule has 118 valence electrons. The molecule has 0 spiro atoms. The molecule has 0 aromatic carbocycles. The summed E-state index contributed by atoms with van der Waals surface area (Å²) in [6.07, 6.45) is 0. The minimum Gasteiger partial charge on any atom is -0.496 e. The number of aromatic nitrogens is 2. The van der Waals surface area contributed by atoms with E-state index in [1.165, 1.54) is 13.2 Å². The van der Waals surface area contributed by atoms with Crippen LogP contribution >= 0.6 is 0 Å². The van der Waals surface area contributed by atoms with E-state index in [0.717, 1.165) is 5.69 Å². The maximum absolute atomic E-state index is 12.1. The smallest absolute Gasteiger partial charge is 0.256 e. The van der Waals surface area contributed by atoms with E-state index in [9.17, 15) is 9.59 Å². The first-order valence-electron chi connectivity index (χ1n) is 6.90. The first-order chi connectivity index (χ1) is 10.4. The molecule has 0 fully saturated rings. The molecular weight excluding hydrogens is 286 g/mol. The van der Waals surface area contributed by atoms with Gasteiger partial charge >= 0.3 is 0 Å². The maximum atomic E-state index is 12.1. The molecule has 0 aliphatic rings. The molecule has 1 amide bonds. The third kappa shape index (κ3) is 3.19. The number of carbonyl (C=O) groups is 1. The van der Waals surface area contributed by atoms with Crippen LogP contribution in [0.5, 0.6) is 5.75 Å². The molecule has 2 aromatic rings. The number of carbonyl (C=O) groups excluding carboxylic acids is 1. The highest BCUT2D eigenvalue weighted by molar-refractivity contribution is 5.96. The second kappa shape index (κ2) is 6.46. The van der Waals surface area contributed by atoms with E-state index in [1.54, 1.807) is 24.5 Å². The molecule has 2 aromatic heterocycles. The van der Waals surface area contributed by atoms with Crippen LogP contribution in [0, 0.1) is 20.8 Å². The first-order valence-corrected chi connectivity index (χ1v) is 6.90. The molecular formula is C15H19N3O4. The SMILES string of the molecule is COc1cc(C)n(CCNC(=O)c2c(C)noc2C)c(=O)c1. The lowest BCUT2D eigenvalue weighted by molar-refractivity contribution is 0.0950. The number of aryl methyl sites for hydroxylation is 3. The summed E-state index contributed by atoms with van der Waals surface area (Å²) in [6.45, 7) is 5.93. The molecule has 0 bridgehead atoms. The minimum absolute atomic E-state index is 0.163. The highest BCUT2D eigenvalue weighted by Gasteiger charge is 2.16. The zero-order valence-corrected chi connectivity index (χ0v) is 13.1. The molecule has 0 saturated heterocycles. The number of nitrogens with zero attached hydrogens (tertiary/aromatic N) is 2. The van der Waals surface area contributed by atoms with Crippen molar-refractivity contribution in [1.29, 1.82) is 0 Å². The number of nitrogens with one attached hydrogen (secondary N) is 1. The van der Waals surface area contributed by atoms with Crippen LogP contribution in [0.4, 0.5) is 0 Å². The average molecular weight is 305 g/mol. The summed E-state index contributed by atoms with van der Waals surface area (Å²) < 4.78 is 11.6. The first kappa shape index (κ1) is 15.8. The number of rotatable bonds is 5. The number of hydrogen-bond acceptors (Lipinski definition) is 5. The highest BCUT2D eigenvalue weighted by atomic mass is 16.5. The molecule has 0 aliphatic carbocycles. The van der Waals surface area contributed by atoms with Gasteiger partial charge in [0.1, 0.15) is 17.1 Å². The van der Waals surface area contributed by atoms with Crippen LogP contribution in [0.2, 0.25) is 0 Å². The number of ether oxygens (including phenoxy) is 1. The van der Waals surface area contributed by atoms with Crippen LogP contribution < -0.4 is 15.6 Å². The standard InChI is InChI=1S/C15H19N3O4/c1-9-7-12(21-4)8-13(19)18(9)6-5-16-15(20)14-10(2)17-22-11(14)3/h7-8H,5-6H2,1-4H3,(H,16,20). The Labute approximate surface area is 127 Å². The van der Waals surface area contributed by atoms with Gasteiger partial charge in [-0.15, -0.1) is 0 Å². The Morgan fingerprint density at radius 3 is 2.64 bits per heavy atom. The average Bonchev–Trinajstić information content (AvgIpc) is 2.80. The number of amides is 1. The Balaban J connectivity index is 2.03. The summed E-state index contributed by atoms with van der Waals surface area (Å²) in [6, 6.07) is 3.20. The number of hydrogen-bond donors (Lipinski definition) is 1. The lowest BCUT2D eigenvalue weighted by atomic mass is 10.2.